The highest BCUT2D eigenvalue weighted by atomic mass is 16.3. The van der Waals surface area contributed by atoms with Crippen molar-refractivity contribution < 1.29 is 14.7 Å². The Bertz CT molecular complexity index is 491. The Labute approximate surface area is 157 Å². The molecule has 1 spiro atoms. The van der Waals surface area contributed by atoms with Crippen molar-refractivity contribution in [3.05, 3.63) is 0 Å². The molecule has 0 aromatic heterocycles. The van der Waals surface area contributed by atoms with Crippen LogP contribution in [0.25, 0.3) is 0 Å². The summed E-state index contributed by atoms with van der Waals surface area (Å²) in [6.07, 6.45) is 9.83. The number of likely N-dealkylation sites (tertiary alicyclic amines) is 3. The molecule has 0 unspecified atom stereocenters. The smallest absolute Gasteiger partial charge is 0.236 e. The number of aliphatic hydroxyl groups is 1. The molecule has 3 fully saturated rings. The summed E-state index contributed by atoms with van der Waals surface area (Å²) in [6, 6.07) is 0. The lowest BCUT2D eigenvalue weighted by Crippen LogP contribution is -2.56. The summed E-state index contributed by atoms with van der Waals surface area (Å²) in [5.74, 6) is 0.406. The number of aliphatic hydroxyl groups excluding tert-OH is 1. The molecule has 26 heavy (non-hydrogen) atoms. The molecule has 1 N–H and O–H groups in total. The molecule has 0 aliphatic carbocycles. The van der Waals surface area contributed by atoms with Gasteiger partial charge >= 0.3 is 0 Å². The summed E-state index contributed by atoms with van der Waals surface area (Å²) in [6.45, 7) is 5.39. The highest BCUT2D eigenvalue weighted by Gasteiger charge is 2.42. The first-order valence-corrected chi connectivity index (χ1v) is 10.5. The second-order valence-electron chi connectivity index (χ2n) is 8.50. The zero-order chi connectivity index (χ0) is 18.4. The summed E-state index contributed by atoms with van der Waals surface area (Å²) in [5.41, 5.74) is 0.0350. The predicted molar refractivity (Wildman–Crippen MR) is 101 cm³/mol. The first kappa shape index (κ1) is 19.6. The Morgan fingerprint density at radius 1 is 0.962 bits per heavy atom. The molecule has 3 aliphatic rings. The molecule has 6 heteroatoms. The maximum atomic E-state index is 12.9. The van der Waals surface area contributed by atoms with Crippen molar-refractivity contribution in [2.45, 2.75) is 57.8 Å². The topological polar surface area (TPSA) is 64.1 Å². The Balaban J connectivity index is 1.56. The van der Waals surface area contributed by atoms with Gasteiger partial charge in [-0.25, -0.2) is 0 Å². The van der Waals surface area contributed by atoms with Crippen molar-refractivity contribution >= 4 is 11.8 Å². The van der Waals surface area contributed by atoms with Crippen LogP contribution in [0.15, 0.2) is 0 Å². The van der Waals surface area contributed by atoms with Gasteiger partial charge in [-0.05, 0) is 45.2 Å². The maximum Gasteiger partial charge on any atom is 0.236 e. The Morgan fingerprint density at radius 2 is 1.69 bits per heavy atom. The molecule has 0 bridgehead atoms. The summed E-state index contributed by atoms with van der Waals surface area (Å²) in [5, 5.41) is 9.22. The Hall–Kier alpha value is -1.14. The summed E-state index contributed by atoms with van der Waals surface area (Å²) >= 11 is 0. The fourth-order valence-corrected chi connectivity index (χ4v) is 4.94. The van der Waals surface area contributed by atoms with Crippen LogP contribution in [-0.4, -0.2) is 84.0 Å². The molecule has 0 saturated carbocycles. The van der Waals surface area contributed by atoms with E-state index in [1.54, 1.807) is 4.90 Å². The van der Waals surface area contributed by atoms with E-state index in [2.05, 4.69) is 9.80 Å². The highest BCUT2D eigenvalue weighted by molar-refractivity contribution is 5.79. The van der Waals surface area contributed by atoms with E-state index in [-0.39, 0.29) is 23.8 Å². The lowest BCUT2D eigenvalue weighted by atomic mass is 9.73. The molecule has 3 rings (SSSR count). The van der Waals surface area contributed by atoms with Gasteiger partial charge in [-0.15, -0.1) is 0 Å². The van der Waals surface area contributed by atoms with Crippen LogP contribution in [0.1, 0.15) is 57.8 Å². The molecular weight excluding hydrogens is 330 g/mol. The van der Waals surface area contributed by atoms with Crippen LogP contribution in [0.5, 0.6) is 0 Å². The van der Waals surface area contributed by atoms with Crippen LogP contribution in [0.3, 0.4) is 0 Å². The van der Waals surface area contributed by atoms with Crippen LogP contribution < -0.4 is 0 Å². The van der Waals surface area contributed by atoms with Gasteiger partial charge in [0, 0.05) is 38.0 Å². The number of hydrogen-bond acceptors (Lipinski definition) is 4. The summed E-state index contributed by atoms with van der Waals surface area (Å²) in [7, 11) is 0. The van der Waals surface area contributed by atoms with Crippen LogP contribution >= 0.6 is 0 Å². The maximum absolute atomic E-state index is 12.9. The van der Waals surface area contributed by atoms with Crippen molar-refractivity contribution in [3.8, 4) is 0 Å². The summed E-state index contributed by atoms with van der Waals surface area (Å²) < 4.78 is 0. The fourth-order valence-electron chi connectivity index (χ4n) is 4.94. The van der Waals surface area contributed by atoms with E-state index in [0.717, 1.165) is 45.4 Å². The van der Waals surface area contributed by atoms with Crippen molar-refractivity contribution in [2.24, 2.45) is 5.41 Å². The van der Waals surface area contributed by atoms with Gasteiger partial charge in [0.15, 0.2) is 0 Å². The Kier molecular flexibility index (Phi) is 6.92. The lowest BCUT2D eigenvalue weighted by Gasteiger charge is -2.48. The molecule has 3 saturated heterocycles. The molecule has 3 aliphatic heterocycles. The van der Waals surface area contributed by atoms with Gasteiger partial charge < -0.3 is 14.9 Å². The zero-order valence-corrected chi connectivity index (χ0v) is 16.1. The third-order valence-corrected chi connectivity index (χ3v) is 6.44. The van der Waals surface area contributed by atoms with Gasteiger partial charge in [-0.3, -0.25) is 14.5 Å². The van der Waals surface area contributed by atoms with Crippen LogP contribution in [0.2, 0.25) is 0 Å². The van der Waals surface area contributed by atoms with Gasteiger partial charge in [0.2, 0.25) is 11.8 Å². The van der Waals surface area contributed by atoms with Crippen LogP contribution in [0, 0.1) is 5.41 Å². The van der Waals surface area contributed by atoms with E-state index in [9.17, 15) is 14.7 Å². The average Bonchev–Trinajstić information content (AvgIpc) is 2.61. The van der Waals surface area contributed by atoms with E-state index in [1.807, 2.05) is 0 Å². The molecule has 0 aromatic rings. The molecule has 2 amide bonds. The minimum atomic E-state index is 0.0133. The number of carbonyl (C=O) groups excluding carboxylic acids is 2. The van der Waals surface area contributed by atoms with E-state index in [0.29, 0.717) is 26.1 Å². The van der Waals surface area contributed by atoms with Gasteiger partial charge in [0.05, 0.1) is 13.2 Å². The number of β-amino-alcohol motifs (C(OH)–C–C–N with tert-alkyl or cyclic N) is 1. The monoisotopic (exact) mass is 365 g/mol. The number of hydrogen-bond donors (Lipinski definition) is 1. The number of amides is 2. The highest BCUT2D eigenvalue weighted by Crippen LogP contribution is 2.38. The molecule has 1 atom stereocenters. The second-order valence-corrected chi connectivity index (χ2v) is 8.50. The van der Waals surface area contributed by atoms with Crippen LogP contribution in [-0.2, 0) is 9.59 Å². The number of nitrogens with zero attached hydrogens (tertiary/aromatic N) is 3. The first-order chi connectivity index (χ1) is 12.6. The third kappa shape index (κ3) is 4.97. The SMILES string of the molecule is O=C1CC[C@@]2(CCCN(C(=O)CN3CCCCCCC3)C2)CN1CCO. The van der Waals surface area contributed by atoms with Crippen LogP contribution in [0.4, 0.5) is 0 Å². The van der Waals surface area contributed by atoms with Crippen molar-refractivity contribution in [1.82, 2.24) is 14.7 Å². The molecule has 3 heterocycles. The average molecular weight is 366 g/mol. The first-order valence-electron chi connectivity index (χ1n) is 10.5. The van der Waals surface area contributed by atoms with E-state index in [1.165, 1.54) is 32.1 Å². The zero-order valence-electron chi connectivity index (χ0n) is 16.1. The quantitative estimate of drug-likeness (QED) is 0.820. The van der Waals surface area contributed by atoms with Gasteiger partial charge in [-0.1, -0.05) is 19.3 Å². The summed E-state index contributed by atoms with van der Waals surface area (Å²) in [4.78, 5) is 31.2. The van der Waals surface area contributed by atoms with Crippen molar-refractivity contribution in [1.29, 1.82) is 0 Å². The molecule has 6 nitrogen and oxygen atoms in total. The molecule has 0 aromatic carbocycles. The van der Waals surface area contributed by atoms with Gasteiger partial charge in [-0.2, -0.15) is 0 Å². The van der Waals surface area contributed by atoms with E-state index in [4.69, 9.17) is 0 Å². The van der Waals surface area contributed by atoms with Crippen molar-refractivity contribution in [3.63, 3.8) is 0 Å². The largest absolute Gasteiger partial charge is 0.395 e. The minimum absolute atomic E-state index is 0.0133. The second kappa shape index (κ2) is 9.18. The number of carbonyl (C=O) groups is 2. The normalized spacial score (nSPS) is 28.9. The number of piperidine rings is 2. The van der Waals surface area contributed by atoms with E-state index >= 15 is 0 Å². The molecule has 148 valence electrons. The number of rotatable bonds is 4. The standard InChI is InChI=1S/C20H35N3O3/c24-14-13-23-17-20(9-7-18(23)25)8-6-12-22(16-20)19(26)15-21-10-4-2-1-3-5-11-21/h24H,1-17H2/t20-/m1/s1. The van der Waals surface area contributed by atoms with Gasteiger partial charge in [0.25, 0.3) is 0 Å². The third-order valence-electron chi connectivity index (χ3n) is 6.44. The Morgan fingerprint density at radius 3 is 2.42 bits per heavy atom. The lowest BCUT2D eigenvalue weighted by molar-refractivity contribution is -0.144. The molecule has 0 radical (unpaired) electrons. The van der Waals surface area contributed by atoms with Gasteiger partial charge in [0.1, 0.15) is 0 Å². The molecular formula is C20H35N3O3. The van der Waals surface area contributed by atoms with E-state index < -0.39 is 0 Å². The van der Waals surface area contributed by atoms with Crippen molar-refractivity contribution in [2.75, 3.05) is 52.4 Å². The minimum Gasteiger partial charge on any atom is -0.395 e. The predicted octanol–water partition coefficient (Wildman–Crippen LogP) is 1.48. The fraction of sp³-hybridized carbons (Fsp3) is 0.900.